The topological polar surface area (TPSA) is 112 Å². The summed E-state index contributed by atoms with van der Waals surface area (Å²) in [6.45, 7) is 3.65. The molecule has 0 atom stereocenters. The van der Waals surface area contributed by atoms with Crippen LogP contribution in [-0.4, -0.2) is 58.7 Å². The lowest BCUT2D eigenvalue weighted by molar-refractivity contribution is 0.0576. The number of nitrogens with zero attached hydrogens (tertiary/aromatic N) is 5. The zero-order valence-corrected chi connectivity index (χ0v) is 19.2. The van der Waals surface area contributed by atoms with E-state index in [0.717, 1.165) is 18.4 Å². The summed E-state index contributed by atoms with van der Waals surface area (Å²) < 4.78 is 13.7. The molecule has 10 nitrogen and oxygen atoms in total. The zero-order chi connectivity index (χ0) is 24.1. The van der Waals surface area contributed by atoms with Crippen molar-refractivity contribution in [3.63, 3.8) is 0 Å². The van der Waals surface area contributed by atoms with Gasteiger partial charge in [-0.1, -0.05) is 0 Å². The third-order valence-corrected chi connectivity index (χ3v) is 6.64. The normalized spacial score (nSPS) is 17.3. The monoisotopic (exact) mass is 472 g/mol. The number of aromatic nitrogens is 2. The van der Waals surface area contributed by atoms with Crippen molar-refractivity contribution in [2.75, 3.05) is 31.1 Å². The van der Waals surface area contributed by atoms with E-state index in [0.29, 0.717) is 60.3 Å². The van der Waals surface area contributed by atoms with Crippen LogP contribution >= 0.6 is 0 Å². The van der Waals surface area contributed by atoms with Crippen LogP contribution in [0.2, 0.25) is 0 Å². The number of anilines is 1. The van der Waals surface area contributed by atoms with Crippen LogP contribution in [0.5, 0.6) is 17.2 Å². The molecule has 0 spiro atoms. The highest BCUT2D eigenvalue weighted by atomic mass is 16.5. The van der Waals surface area contributed by atoms with Gasteiger partial charge in [-0.15, -0.1) is 0 Å². The number of hydrogen-bond acceptors (Lipinski definition) is 6. The molecule has 3 amide bonds. The molecule has 2 fully saturated rings. The highest BCUT2D eigenvalue weighted by Crippen LogP contribution is 2.38. The van der Waals surface area contributed by atoms with E-state index >= 15 is 0 Å². The summed E-state index contributed by atoms with van der Waals surface area (Å²) in [5.41, 5.74) is 2.70. The Morgan fingerprint density at radius 1 is 1.26 bits per heavy atom. The molecule has 1 saturated heterocycles. The zero-order valence-electron chi connectivity index (χ0n) is 19.2. The summed E-state index contributed by atoms with van der Waals surface area (Å²) in [6.07, 6.45) is 5.37. The van der Waals surface area contributed by atoms with Gasteiger partial charge in [-0.05, 0) is 37.5 Å². The second-order valence-corrected chi connectivity index (χ2v) is 9.15. The largest absolute Gasteiger partial charge is 0.489 e. The molecule has 0 bridgehead atoms. The quantitative estimate of drug-likeness (QED) is 0.625. The standard InChI is InChI=1S/C25H24N6O4/c1-15-19(24(32)29-12-16(11-26)13-29)14-31-23(15)21(6-7-27-31)35-18-4-5-20-22(10-18)34-9-8-30(20)25(33)28-17-2-3-17/h4-7,10,14,16-17H,2-3,8-9,12-13H2,1H3,(H,28,33). The fourth-order valence-electron chi connectivity index (χ4n) is 4.50. The number of urea groups is 1. The van der Waals surface area contributed by atoms with Gasteiger partial charge in [0.1, 0.15) is 23.6 Å². The van der Waals surface area contributed by atoms with E-state index in [4.69, 9.17) is 14.7 Å². The molecule has 2 aliphatic heterocycles. The molecule has 1 aromatic carbocycles. The number of rotatable bonds is 4. The van der Waals surface area contributed by atoms with Crippen LogP contribution in [0.1, 0.15) is 28.8 Å². The van der Waals surface area contributed by atoms with Crippen molar-refractivity contribution >= 4 is 23.1 Å². The number of aryl methyl sites for hydroxylation is 1. The molecule has 1 aliphatic carbocycles. The minimum absolute atomic E-state index is 0.102. The lowest BCUT2D eigenvalue weighted by Gasteiger charge is -2.35. The number of fused-ring (bicyclic) bond motifs is 2. The van der Waals surface area contributed by atoms with Crippen molar-refractivity contribution in [2.45, 2.75) is 25.8 Å². The van der Waals surface area contributed by atoms with Crippen molar-refractivity contribution in [2.24, 2.45) is 5.92 Å². The molecule has 0 radical (unpaired) electrons. The summed E-state index contributed by atoms with van der Waals surface area (Å²) in [7, 11) is 0. The summed E-state index contributed by atoms with van der Waals surface area (Å²) in [6, 6.07) is 9.51. The number of benzene rings is 1. The van der Waals surface area contributed by atoms with Gasteiger partial charge in [0.05, 0.1) is 36.0 Å². The smallest absolute Gasteiger partial charge is 0.322 e. The van der Waals surface area contributed by atoms with Crippen LogP contribution in [0.15, 0.2) is 36.7 Å². The van der Waals surface area contributed by atoms with E-state index < -0.39 is 0 Å². The Balaban J connectivity index is 1.26. The average Bonchev–Trinajstić information content (AvgIpc) is 3.58. The molecule has 2 aromatic heterocycles. The first-order valence-corrected chi connectivity index (χ1v) is 11.7. The first-order valence-electron chi connectivity index (χ1n) is 11.7. The molecule has 4 heterocycles. The minimum atomic E-state index is -0.114. The van der Waals surface area contributed by atoms with Crippen LogP contribution in [0, 0.1) is 24.2 Å². The van der Waals surface area contributed by atoms with E-state index in [9.17, 15) is 9.59 Å². The number of carbonyl (C=O) groups is 2. The van der Waals surface area contributed by atoms with Gasteiger partial charge in [0.15, 0.2) is 5.75 Å². The second-order valence-electron chi connectivity index (χ2n) is 9.15. The first kappa shape index (κ1) is 21.3. The van der Waals surface area contributed by atoms with Crippen molar-refractivity contribution in [3.8, 4) is 23.3 Å². The van der Waals surface area contributed by atoms with Gasteiger partial charge in [-0.2, -0.15) is 10.4 Å². The Morgan fingerprint density at radius 3 is 2.86 bits per heavy atom. The van der Waals surface area contributed by atoms with E-state index in [1.165, 1.54) is 0 Å². The van der Waals surface area contributed by atoms with Gasteiger partial charge in [0.2, 0.25) is 0 Å². The van der Waals surface area contributed by atoms with E-state index in [2.05, 4.69) is 16.5 Å². The Hall–Kier alpha value is -4.26. The van der Waals surface area contributed by atoms with Crippen LogP contribution in [-0.2, 0) is 0 Å². The summed E-state index contributed by atoms with van der Waals surface area (Å²) in [5, 5.41) is 16.4. The molecule has 3 aliphatic rings. The number of nitriles is 1. The average molecular weight is 473 g/mol. The minimum Gasteiger partial charge on any atom is -0.489 e. The maximum Gasteiger partial charge on any atom is 0.322 e. The molecule has 1 N–H and O–H groups in total. The summed E-state index contributed by atoms with van der Waals surface area (Å²) >= 11 is 0. The lowest BCUT2D eigenvalue weighted by Crippen LogP contribution is -2.49. The van der Waals surface area contributed by atoms with Crippen LogP contribution in [0.3, 0.4) is 0 Å². The van der Waals surface area contributed by atoms with Crippen LogP contribution in [0.4, 0.5) is 10.5 Å². The molecule has 6 rings (SSSR count). The summed E-state index contributed by atoms with van der Waals surface area (Å²) in [4.78, 5) is 28.9. The molecule has 35 heavy (non-hydrogen) atoms. The fourth-order valence-corrected chi connectivity index (χ4v) is 4.50. The van der Waals surface area contributed by atoms with Gasteiger partial charge in [0, 0.05) is 37.5 Å². The molecule has 178 valence electrons. The third kappa shape index (κ3) is 3.79. The van der Waals surface area contributed by atoms with E-state index in [1.807, 2.05) is 13.0 Å². The van der Waals surface area contributed by atoms with E-state index in [-0.39, 0.29) is 23.9 Å². The number of amides is 3. The number of nitrogens with one attached hydrogen (secondary N) is 1. The Labute approximate surface area is 201 Å². The number of likely N-dealkylation sites (tertiary alicyclic amines) is 1. The number of carbonyl (C=O) groups excluding carboxylic acids is 2. The molecular weight excluding hydrogens is 448 g/mol. The SMILES string of the molecule is Cc1c(C(=O)N2CC(C#N)C2)cn2nccc(Oc3ccc4c(c3)OCCN4C(=O)NC3CC3)c12. The summed E-state index contributed by atoms with van der Waals surface area (Å²) in [5.74, 6) is 1.47. The second kappa shape index (κ2) is 8.20. The molecule has 1 saturated carbocycles. The highest BCUT2D eigenvalue weighted by molar-refractivity contribution is 5.99. The first-order chi connectivity index (χ1) is 17.0. The van der Waals surface area contributed by atoms with Gasteiger partial charge in [0.25, 0.3) is 5.91 Å². The molecule has 10 heteroatoms. The van der Waals surface area contributed by atoms with Crippen molar-refractivity contribution in [3.05, 3.63) is 47.8 Å². The fraction of sp³-hybridized carbons (Fsp3) is 0.360. The highest BCUT2D eigenvalue weighted by Gasteiger charge is 2.33. The molecular formula is C25H24N6O4. The maximum absolute atomic E-state index is 12.9. The van der Waals surface area contributed by atoms with Crippen molar-refractivity contribution < 1.29 is 19.1 Å². The number of ether oxygens (including phenoxy) is 2. The van der Waals surface area contributed by atoms with Gasteiger partial charge >= 0.3 is 6.03 Å². The van der Waals surface area contributed by atoms with Crippen molar-refractivity contribution in [1.82, 2.24) is 19.8 Å². The lowest BCUT2D eigenvalue weighted by atomic mass is 10.0. The van der Waals surface area contributed by atoms with Gasteiger partial charge in [-0.3, -0.25) is 9.69 Å². The van der Waals surface area contributed by atoms with E-state index in [1.54, 1.807) is 44.9 Å². The Morgan fingerprint density at radius 2 is 2.09 bits per heavy atom. The van der Waals surface area contributed by atoms with Gasteiger partial charge < -0.3 is 19.7 Å². The van der Waals surface area contributed by atoms with Gasteiger partial charge in [-0.25, -0.2) is 9.31 Å². The van der Waals surface area contributed by atoms with Crippen LogP contribution < -0.4 is 19.7 Å². The van der Waals surface area contributed by atoms with Crippen LogP contribution in [0.25, 0.3) is 5.52 Å². The molecule has 3 aromatic rings. The Kier molecular flexibility index (Phi) is 4.99. The number of hydrogen-bond donors (Lipinski definition) is 1. The third-order valence-electron chi connectivity index (χ3n) is 6.64. The molecule has 0 unspecified atom stereocenters. The predicted octanol–water partition coefficient (Wildman–Crippen LogP) is 3.10. The maximum atomic E-state index is 12.9. The van der Waals surface area contributed by atoms with Crippen molar-refractivity contribution in [1.29, 1.82) is 5.26 Å². The predicted molar refractivity (Wildman–Crippen MR) is 126 cm³/mol. The Bertz CT molecular complexity index is 1380.